The fourth-order valence-electron chi connectivity index (χ4n) is 0.543. The van der Waals surface area contributed by atoms with Gasteiger partial charge < -0.3 is 4.18 Å². The number of carbonyl (C=O) groups excluding carboxylic acids is 1. The van der Waals surface area contributed by atoms with Gasteiger partial charge in [0.05, 0.1) is 12.0 Å². The molecule has 11 heavy (non-hydrogen) atoms. The number of carbonyl (C=O) groups is 1. The molecule has 0 spiro atoms. The van der Waals surface area contributed by atoms with Crippen molar-refractivity contribution in [2.75, 3.05) is 6.26 Å². The van der Waals surface area contributed by atoms with Crippen molar-refractivity contribution in [3.05, 3.63) is 0 Å². The molecule has 4 heteroatoms. The van der Waals surface area contributed by atoms with Crippen molar-refractivity contribution in [2.45, 2.75) is 31.4 Å². The van der Waals surface area contributed by atoms with Crippen LogP contribution in [0.5, 0.6) is 0 Å². The van der Waals surface area contributed by atoms with Gasteiger partial charge in [-0.15, -0.1) is 0 Å². The fourth-order valence-corrected chi connectivity index (χ4v) is 0.924. The van der Waals surface area contributed by atoms with Crippen molar-refractivity contribution in [3.63, 3.8) is 0 Å². The first-order valence-corrected chi connectivity index (χ1v) is 5.01. The van der Waals surface area contributed by atoms with Crippen LogP contribution in [0.1, 0.15) is 26.7 Å². The molecule has 0 saturated carbocycles. The highest BCUT2D eigenvalue weighted by atomic mass is 32.2. The number of hydrogen-bond donors (Lipinski definition) is 1. The Hall–Kier alpha value is 0.170. The molecule has 0 N–H and O–H groups in total. The zero-order valence-electron chi connectivity index (χ0n) is 7.09. The van der Waals surface area contributed by atoms with E-state index in [1.807, 2.05) is 13.8 Å². The van der Waals surface area contributed by atoms with E-state index in [4.69, 9.17) is 0 Å². The molecule has 0 heterocycles. The van der Waals surface area contributed by atoms with E-state index >= 15 is 0 Å². The van der Waals surface area contributed by atoms with Crippen LogP contribution in [0.2, 0.25) is 0 Å². The van der Waals surface area contributed by atoms with Crippen molar-refractivity contribution in [3.8, 4) is 0 Å². The summed E-state index contributed by atoms with van der Waals surface area (Å²) in [4.78, 5) is 10.8. The molecule has 0 aromatic heterocycles. The summed E-state index contributed by atoms with van der Waals surface area (Å²) in [5.41, 5.74) is 0. The summed E-state index contributed by atoms with van der Waals surface area (Å²) in [6.07, 6.45) is 2.91. The van der Waals surface area contributed by atoms with Gasteiger partial charge in [0.1, 0.15) is 0 Å². The molecular formula is C7H14O2S2. The van der Waals surface area contributed by atoms with Crippen molar-refractivity contribution < 1.29 is 8.98 Å². The lowest BCUT2D eigenvalue weighted by Crippen LogP contribution is -2.13. The quantitative estimate of drug-likeness (QED) is 0.549. The van der Waals surface area contributed by atoms with E-state index in [2.05, 4.69) is 16.8 Å². The van der Waals surface area contributed by atoms with Crippen molar-refractivity contribution >= 4 is 30.6 Å². The molecule has 0 unspecified atom stereocenters. The van der Waals surface area contributed by atoms with E-state index in [0.717, 1.165) is 18.5 Å². The molecule has 0 fully saturated rings. The Morgan fingerprint density at radius 2 is 2.18 bits per heavy atom. The van der Waals surface area contributed by atoms with Crippen molar-refractivity contribution in [1.82, 2.24) is 0 Å². The van der Waals surface area contributed by atoms with Gasteiger partial charge in [-0.2, -0.15) is 12.6 Å². The third-order valence-electron chi connectivity index (χ3n) is 1.12. The minimum atomic E-state index is -0.167. The minimum Gasteiger partial charge on any atom is -0.392 e. The van der Waals surface area contributed by atoms with E-state index in [-0.39, 0.29) is 10.7 Å². The Balaban J connectivity index is 3.46. The maximum absolute atomic E-state index is 10.8. The summed E-state index contributed by atoms with van der Waals surface area (Å²) >= 11 is 5.37. The second-order valence-corrected chi connectivity index (χ2v) is 4.65. The van der Waals surface area contributed by atoms with Gasteiger partial charge in [0, 0.05) is 17.4 Å². The fraction of sp³-hybridized carbons (Fsp3) is 0.857. The van der Waals surface area contributed by atoms with E-state index in [1.54, 1.807) is 6.26 Å². The van der Waals surface area contributed by atoms with Crippen molar-refractivity contribution in [2.24, 2.45) is 0 Å². The molecule has 0 aliphatic heterocycles. The summed E-state index contributed by atoms with van der Waals surface area (Å²) < 4.78 is 4.60. The van der Waals surface area contributed by atoms with Gasteiger partial charge in [0.25, 0.3) is 0 Å². The Morgan fingerprint density at radius 1 is 1.64 bits per heavy atom. The topological polar surface area (TPSA) is 26.3 Å². The molecule has 0 bridgehead atoms. The minimum absolute atomic E-state index is 0.0859. The van der Waals surface area contributed by atoms with Gasteiger partial charge in [-0.05, 0) is 6.42 Å². The highest BCUT2D eigenvalue weighted by Gasteiger charge is 2.14. The third-order valence-corrected chi connectivity index (χ3v) is 1.69. The third kappa shape index (κ3) is 8.07. The van der Waals surface area contributed by atoms with Crippen LogP contribution in [-0.4, -0.2) is 17.0 Å². The average Bonchev–Trinajstić information content (AvgIpc) is 1.83. The maximum atomic E-state index is 10.8. The van der Waals surface area contributed by atoms with E-state index in [1.165, 1.54) is 0 Å². The van der Waals surface area contributed by atoms with E-state index in [9.17, 15) is 4.79 Å². The second kappa shape index (κ2) is 4.93. The predicted molar refractivity (Wildman–Crippen MR) is 51.9 cm³/mol. The van der Waals surface area contributed by atoms with Crippen LogP contribution < -0.4 is 0 Å². The number of thiol groups is 1. The Bertz CT molecular complexity index is 129. The van der Waals surface area contributed by atoms with Gasteiger partial charge in [-0.3, -0.25) is 4.79 Å². The van der Waals surface area contributed by atoms with E-state index in [0.29, 0.717) is 6.42 Å². The highest BCUT2D eigenvalue weighted by molar-refractivity contribution is 7.94. The zero-order chi connectivity index (χ0) is 8.91. The summed E-state index contributed by atoms with van der Waals surface area (Å²) in [5, 5.41) is 0. The first-order chi connectivity index (χ1) is 4.95. The molecule has 2 nitrogen and oxygen atoms in total. The molecule has 0 aliphatic carbocycles. The van der Waals surface area contributed by atoms with Gasteiger partial charge in [-0.1, -0.05) is 13.8 Å². The predicted octanol–water partition coefficient (Wildman–Crippen LogP) is 2.30. The van der Waals surface area contributed by atoms with Crippen LogP contribution in [0, 0.1) is 0 Å². The average molecular weight is 194 g/mol. The smallest absolute Gasteiger partial charge is 0.317 e. The largest absolute Gasteiger partial charge is 0.392 e. The van der Waals surface area contributed by atoms with Crippen LogP contribution in [0.4, 0.5) is 0 Å². The summed E-state index contributed by atoms with van der Waals surface area (Å²) in [6.45, 7) is 3.95. The normalized spacial score (nSPS) is 11.3. The summed E-state index contributed by atoms with van der Waals surface area (Å²) in [6, 6.07) is 0. The van der Waals surface area contributed by atoms with Gasteiger partial charge in [-0.25, -0.2) is 0 Å². The van der Waals surface area contributed by atoms with Crippen molar-refractivity contribution in [1.29, 1.82) is 0 Å². The molecule has 0 saturated heterocycles. The highest BCUT2D eigenvalue weighted by Crippen LogP contribution is 2.19. The Labute approximate surface area is 77.7 Å². The van der Waals surface area contributed by atoms with Crippen LogP contribution in [0.25, 0.3) is 0 Å². The zero-order valence-corrected chi connectivity index (χ0v) is 8.80. The Kier molecular flexibility index (Phi) is 5.01. The lowest BCUT2D eigenvalue weighted by molar-refractivity contribution is -0.133. The lowest BCUT2D eigenvalue weighted by atomic mass is 10.1. The Morgan fingerprint density at radius 3 is 2.55 bits per heavy atom. The molecule has 0 radical (unpaired) electrons. The molecular weight excluding hydrogens is 180 g/mol. The van der Waals surface area contributed by atoms with Gasteiger partial charge in [0.2, 0.25) is 0 Å². The first kappa shape index (κ1) is 11.2. The molecule has 0 atom stereocenters. The monoisotopic (exact) mass is 194 g/mol. The molecule has 0 rings (SSSR count). The van der Waals surface area contributed by atoms with Crippen LogP contribution in [0.15, 0.2) is 0 Å². The molecule has 0 aromatic carbocycles. The standard InChI is InChI=1S/C7H14O2S2/c1-7(2,10)5-4-6(8)9-11-3/h10H,4-5H2,1-3H3. The van der Waals surface area contributed by atoms with Crippen LogP contribution in [0.3, 0.4) is 0 Å². The first-order valence-electron chi connectivity index (χ1n) is 3.41. The molecule has 0 aromatic rings. The summed E-state index contributed by atoms with van der Waals surface area (Å²) in [7, 11) is 0. The van der Waals surface area contributed by atoms with Crippen LogP contribution >= 0.6 is 24.7 Å². The van der Waals surface area contributed by atoms with E-state index < -0.39 is 0 Å². The summed E-state index contributed by atoms with van der Waals surface area (Å²) in [5.74, 6) is -0.167. The lowest BCUT2D eigenvalue weighted by Gasteiger charge is -2.15. The van der Waals surface area contributed by atoms with Gasteiger partial charge >= 0.3 is 5.97 Å². The number of rotatable bonds is 4. The molecule has 66 valence electrons. The SMILES string of the molecule is CSOC(=O)CCC(C)(C)S. The second-order valence-electron chi connectivity index (χ2n) is 2.93. The molecule has 0 aliphatic rings. The number of hydrogen-bond acceptors (Lipinski definition) is 4. The van der Waals surface area contributed by atoms with Gasteiger partial charge in [0.15, 0.2) is 0 Å². The maximum Gasteiger partial charge on any atom is 0.317 e. The van der Waals surface area contributed by atoms with Crippen LogP contribution in [-0.2, 0) is 8.98 Å². The molecule has 0 amide bonds.